The molecular weight excluding hydrogens is 725 g/mol. The molecule has 0 aliphatic carbocycles. The van der Waals surface area contributed by atoms with E-state index >= 15 is 0 Å². The summed E-state index contributed by atoms with van der Waals surface area (Å²) in [4.78, 5) is 0. The minimum atomic E-state index is -0.0596. The quantitative estimate of drug-likeness (QED) is 0.121. The van der Waals surface area contributed by atoms with E-state index < -0.39 is 0 Å². The fourth-order valence-electron chi connectivity index (χ4n) is 9.68. The van der Waals surface area contributed by atoms with E-state index in [1.165, 1.54) is 93.2 Å². The van der Waals surface area contributed by atoms with Crippen LogP contribution in [0.25, 0.3) is 98.4 Å². The SMILES string of the molecule is c1ccc(-c2ccc(-c3cccc(C(c4ccc5oc6cc7ccccc7cc6c5c4)c4ccc(-c5cc6ccccc6c6ccccc56)c5ccccc45)c3)cc2)cc1. The lowest BCUT2D eigenvalue weighted by molar-refractivity contribution is 0.669. The lowest BCUT2D eigenvalue weighted by atomic mass is 9.80. The van der Waals surface area contributed by atoms with Gasteiger partial charge in [-0.2, -0.15) is 0 Å². The van der Waals surface area contributed by atoms with E-state index in [4.69, 9.17) is 4.42 Å². The highest BCUT2D eigenvalue weighted by Gasteiger charge is 2.23. The third-order valence-corrected chi connectivity index (χ3v) is 12.6. The first-order chi connectivity index (χ1) is 29.7. The predicted octanol–water partition coefficient (Wildman–Crippen LogP) is 16.4. The van der Waals surface area contributed by atoms with Crippen molar-refractivity contribution in [2.75, 3.05) is 0 Å². The Labute approximate surface area is 348 Å². The molecule has 11 aromatic carbocycles. The van der Waals surface area contributed by atoms with E-state index in [2.05, 4.69) is 224 Å². The van der Waals surface area contributed by atoms with Gasteiger partial charge in [-0.3, -0.25) is 0 Å². The van der Waals surface area contributed by atoms with Crippen LogP contribution in [0.2, 0.25) is 0 Å². The van der Waals surface area contributed by atoms with Crippen molar-refractivity contribution in [3.8, 4) is 33.4 Å². The van der Waals surface area contributed by atoms with Gasteiger partial charge >= 0.3 is 0 Å². The molecule has 0 spiro atoms. The maximum absolute atomic E-state index is 6.53. The summed E-state index contributed by atoms with van der Waals surface area (Å²) < 4.78 is 6.53. The minimum absolute atomic E-state index is 0.0596. The lowest BCUT2D eigenvalue weighted by Gasteiger charge is -2.23. The van der Waals surface area contributed by atoms with Crippen molar-refractivity contribution in [1.29, 1.82) is 0 Å². The van der Waals surface area contributed by atoms with Crippen LogP contribution in [0, 0.1) is 0 Å². The van der Waals surface area contributed by atoms with Crippen molar-refractivity contribution in [3.05, 3.63) is 241 Å². The maximum atomic E-state index is 6.53. The third kappa shape index (κ3) is 5.70. The first kappa shape index (κ1) is 34.3. The van der Waals surface area contributed by atoms with Gasteiger partial charge in [0, 0.05) is 16.7 Å². The van der Waals surface area contributed by atoms with Gasteiger partial charge in [0.25, 0.3) is 0 Å². The molecule has 12 rings (SSSR count). The highest BCUT2D eigenvalue weighted by Crippen LogP contribution is 2.44. The standard InChI is InChI=1S/C59H38O/c1-2-13-38(14-3-1)39-25-27-40(28-26-39)41-18-12-19-45(33-41)59(46-29-32-57-55(36-46)56-34-42-15-4-5-16-43(42)37-58(56)60-57)53-31-30-52(49-22-9-10-23-50(49)53)54-35-44-17-6-7-20-47(44)48-21-8-11-24-51(48)54/h1-37,59H. The largest absolute Gasteiger partial charge is 0.456 e. The average Bonchev–Trinajstić information content (AvgIpc) is 3.67. The second kappa shape index (κ2) is 14.0. The van der Waals surface area contributed by atoms with Gasteiger partial charge in [-0.1, -0.05) is 194 Å². The maximum Gasteiger partial charge on any atom is 0.136 e. The van der Waals surface area contributed by atoms with Crippen LogP contribution in [-0.2, 0) is 0 Å². The molecule has 280 valence electrons. The molecule has 1 nitrogen and oxygen atoms in total. The zero-order valence-corrected chi connectivity index (χ0v) is 32.8. The van der Waals surface area contributed by atoms with Crippen molar-refractivity contribution in [3.63, 3.8) is 0 Å². The van der Waals surface area contributed by atoms with E-state index in [-0.39, 0.29) is 5.92 Å². The van der Waals surface area contributed by atoms with Gasteiger partial charge in [-0.25, -0.2) is 0 Å². The highest BCUT2D eigenvalue weighted by atomic mass is 16.3. The predicted molar refractivity (Wildman–Crippen MR) is 254 cm³/mol. The molecule has 1 unspecified atom stereocenters. The average molecular weight is 763 g/mol. The van der Waals surface area contributed by atoms with Crippen molar-refractivity contribution in [2.24, 2.45) is 0 Å². The van der Waals surface area contributed by atoms with E-state index in [9.17, 15) is 0 Å². The molecule has 60 heavy (non-hydrogen) atoms. The summed E-state index contributed by atoms with van der Waals surface area (Å²) in [5.41, 5.74) is 12.9. The molecule has 0 aliphatic heterocycles. The van der Waals surface area contributed by atoms with Crippen LogP contribution < -0.4 is 0 Å². The highest BCUT2D eigenvalue weighted by molar-refractivity contribution is 6.16. The van der Waals surface area contributed by atoms with Crippen LogP contribution in [0.15, 0.2) is 229 Å². The Hall–Kier alpha value is -7.74. The lowest BCUT2D eigenvalue weighted by Crippen LogP contribution is -2.05. The van der Waals surface area contributed by atoms with Crippen molar-refractivity contribution in [1.82, 2.24) is 0 Å². The molecule has 0 N–H and O–H groups in total. The molecule has 0 radical (unpaired) electrons. The minimum Gasteiger partial charge on any atom is -0.456 e. The fourth-order valence-corrected chi connectivity index (χ4v) is 9.68. The van der Waals surface area contributed by atoms with Gasteiger partial charge in [0.2, 0.25) is 0 Å². The Bertz CT molecular complexity index is 3590. The van der Waals surface area contributed by atoms with Crippen LogP contribution in [0.3, 0.4) is 0 Å². The molecule has 0 saturated carbocycles. The summed E-state index contributed by atoms with van der Waals surface area (Å²) in [5, 5.41) is 12.2. The summed E-state index contributed by atoms with van der Waals surface area (Å²) in [6, 6.07) is 82.3. The molecule has 0 bridgehead atoms. The second-order valence-electron chi connectivity index (χ2n) is 16.0. The normalized spacial score (nSPS) is 12.3. The number of rotatable bonds is 6. The first-order valence-electron chi connectivity index (χ1n) is 20.8. The summed E-state index contributed by atoms with van der Waals surface area (Å²) in [6.45, 7) is 0. The van der Waals surface area contributed by atoms with E-state index in [0.29, 0.717) is 0 Å². The summed E-state index contributed by atoms with van der Waals surface area (Å²) in [7, 11) is 0. The molecule has 12 aromatic rings. The third-order valence-electron chi connectivity index (χ3n) is 12.6. The topological polar surface area (TPSA) is 13.1 Å². The molecule has 0 saturated heterocycles. The van der Waals surface area contributed by atoms with Crippen LogP contribution in [0.4, 0.5) is 0 Å². The molecule has 1 aromatic heterocycles. The molecular formula is C59H38O. The molecule has 0 fully saturated rings. The Morgan fingerprint density at radius 1 is 0.267 bits per heavy atom. The molecule has 1 heterocycles. The molecule has 1 atom stereocenters. The summed E-state index contributed by atoms with van der Waals surface area (Å²) in [5.74, 6) is -0.0596. The number of fused-ring (bicyclic) bond motifs is 8. The Morgan fingerprint density at radius 2 is 0.833 bits per heavy atom. The van der Waals surface area contributed by atoms with E-state index in [1.807, 2.05) is 0 Å². The van der Waals surface area contributed by atoms with Crippen molar-refractivity contribution in [2.45, 2.75) is 5.92 Å². The molecule has 0 aliphatic rings. The number of benzene rings is 11. The summed E-state index contributed by atoms with van der Waals surface area (Å²) in [6.07, 6.45) is 0. The van der Waals surface area contributed by atoms with Gasteiger partial charge in [0.1, 0.15) is 11.2 Å². The number of hydrogen-bond donors (Lipinski definition) is 0. The molecule has 1 heteroatoms. The van der Waals surface area contributed by atoms with Crippen LogP contribution in [-0.4, -0.2) is 0 Å². The van der Waals surface area contributed by atoms with E-state index in [1.54, 1.807) is 0 Å². The van der Waals surface area contributed by atoms with Gasteiger partial charge < -0.3 is 4.42 Å². The van der Waals surface area contributed by atoms with Gasteiger partial charge in [0.05, 0.1) is 0 Å². The van der Waals surface area contributed by atoms with Crippen LogP contribution >= 0.6 is 0 Å². The number of furan rings is 1. The Balaban J connectivity index is 1.07. The molecule has 0 amide bonds. The second-order valence-corrected chi connectivity index (χ2v) is 16.0. The van der Waals surface area contributed by atoms with Crippen LogP contribution in [0.5, 0.6) is 0 Å². The van der Waals surface area contributed by atoms with Crippen molar-refractivity contribution >= 4 is 65.0 Å². The fraction of sp³-hybridized carbons (Fsp3) is 0.0169. The smallest absolute Gasteiger partial charge is 0.136 e. The first-order valence-corrected chi connectivity index (χ1v) is 20.8. The van der Waals surface area contributed by atoms with Crippen molar-refractivity contribution < 1.29 is 4.42 Å². The summed E-state index contributed by atoms with van der Waals surface area (Å²) >= 11 is 0. The number of hydrogen-bond acceptors (Lipinski definition) is 1. The monoisotopic (exact) mass is 762 g/mol. The Kier molecular flexibility index (Phi) is 7.99. The zero-order chi connectivity index (χ0) is 39.6. The van der Waals surface area contributed by atoms with E-state index in [0.717, 1.165) is 21.9 Å². The zero-order valence-electron chi connectivity index (χ0n) is 32.8. The Morgan fingerprint density at radius 3 is 1.62 bits per heavy atom. The van der Waals surface area contributed by atoms with Gasteiger partial charge in [-0.15, -0.1) is 0 Å². The van der Waals surface area contributed by atoms with Gasteiger partial charge in [-0.05, 0) is 123 Å². The van der Waals surface area contributed by atoms with Gasteiger partial charge in [0.15, 0.2) is 0 Å². The van der Waals surface area contributed by atoms with Crippen LogP contribution in [0.1, 0.15) is 22.6 Å².